The fourth-order valence-electron chi connectivity index (χ4n) is 1.84. The highest BCUT2D eigenvalue weighted by Gasteiger charge is 2.13. The first kappa shape index (κ1) is 14.5. The van der Waals surface area contributed by atoms with Gasteiger partial charge in [-0.25, -0.2) is 4.39 Å². The van der Waals surface area contributed by atoms with Crippen LogP contribution >= 0.6 is 15.9 Å². The van der Waals surface area contributed by atoms with E-state index in [1.807, 2.05) is 0 Å². The first-order valence-electron chi connectivity index (χ1n) is 5.95. The predicted octanol–water partition coefficient (Wildman–Crippen LogP) is 3.57. The molecule has 0 bridgehead atoms. The second-order valence-corrected chi connectivity index (χ2v) is 5.40. The second-order valence-electron chi connectivity index (χ2n) is 4.49. The summed E-state index contributed by atoms with van der Waals surface area (Å²) in [6.07, 6.45) is 0. The number of amides is 1. The van der Waals surface area contributed by atoms with Crippen LogP contribution in [0.5, 0.6) is 5.75 Å². The summed E-state index contributed by atoms with van der Waals surface area (Å²) in [5.74, 6) is -0.546. The van der Waals surface area contributed by atoms with Gasteiger partial charge in [0, 0.05) is 23.6 Å². The Kier molecular flexibility index (Phi) is 4.39. The fraction of sp³-hybridized carbons (Fsp3) is 0.133. The Balaban J connectivity index is 2.14. The van der Waals surface area contributed by atoms with Gasteiger partial charge < -0.3 is 10.0 Å². The van der Waals surface area contributed by atoms with E-state index in [1.54, 1.807) is 37.4 Å². The van der Waals surface area contributed by atoms with Crippen LogP contribution in [0.4, 0.5) is 4.39 Å². The summed E-state index contributed by atoms with van der Waals surface area (Å²) < 4.78 is 13.8. The molecule has 0 spiro atoms. The minimum Gasteiger partial charge on any atom is -0.508 e. The number of halogens is 2. The maximum absolute atomic E-state index is 13.3. The molecular formula is C15H13BrFNO2. The van der Waals surface area contributed by atoms with Gasteiger partial charge in [-0.05, 0) is 35.9 Å². The Morgan fingerprint density at radius 1 is 1.25 bits per heavy atom. The van der Waals surface area contributed by atoms with Crippen LogP contribution in [0.1, 0.15) is 15.9 Å². The molecule has 20 heavy (non-hydrogen) atoms. The quantitative estimate of drug-likeness (QED) is 0.930. The van der Waals surface area contributed by atoms with Gasteiger partial charge in [0.2, 0.25) is 0 Å². The Hall–Kier alpha value is -1.88. The van der Waals surface area contributed by atoms with Crippen molar-refractivity contribution in [3.8, 4) is 5.75 Å². The summed E-state index contributed by atoms with van der Waals surface area (Å²) in [7, 11) is 1.65. The van der Waals surface area contributed by atoms with E-state index in [0.717, 1.165) is 5.56 Å². The fourth-order valence-corrected chi connectivity index (χ4v) is 2.31. The number of carbonyl (C=O) groups is 1. The second kappa shape index (κ2) is 6.05. The summed E-state index contributed by atoms with van der Waals surface area (Å²) in [6, 6.07) is 10.7. The Bertz CT molecular complexity index is 608. The van der Waals surface area contributed by atoms with Crippen LogP contribution in [0.25, 0.3) is 0 Å². The summed E-state index contributed by atoms with van der Waals surface area (Å²) in [6.45, 7) is 0.382. The smallest absolute Gasteiger partial charge is 0.254 e. The highest BCUT2D eigenvalue weighted by molar-refractivity contribution is 9.10. The molecule has 0 atom stereocenters. The lowest BCUT2D eigenvalue weighted by Gasteiger charge is -2.17. The van der Waals surface area contributed by atoms with Crippen molar-refractivity contribution in [1.82, 2.24) is 4.90 Å². The van der Waals surface area contributed by atoms with Gasteiger partial charge in [0.25, 0.3) is 5.91 Å². The average Bonchev–Trinajstić information content (AvgIpc) is 2.39. The molecule has 104 valence electrons. The zero-order valence-electron chi connectivity index (χ0n) is 10.8. The maximum Gasteiger partial charge on any atom is 0.254 e. The SMILES string of the molecule is CN(Cc1ccc(O)cc1)C(=O)c1cc(F)cc(Br)c1. The number of carbonyl (C=O) groups excluding carboxylic acids is 1. The largest absolute Gasteiger partial charge is 0.508 e. The zero-order chi connectivity index (χ0) is 14.7. The topological polar surface area (TPSA) is 40.5 Å². The molecule has 2 aromatic carbocycles. The number of phenolic OH excluding ortho intramolecular Hbond substituents is 1. The van der Waals surface area contributed by atoms with Crippen LogP contribution in [-0.4, -0.2) is 23.0 Å². The van der Waals surface area contributed by atoms with Crippen LogP contribution in [0.3, 0.4) is 0 Å². The van der Waals surface area contributed by atoms with E-state index < -0.39 is 5.82 Å². The third kappa shape index (κ3) is 3.57. The van der Waals surface area contributed by atoms with Crippen LogP contribution in [0.15, 0.2) is 46.9 Å². The number of hydrogen-bond acceptors (Lipinski definition) is 2. The third-order valence-electron chi connectivity index (χ3n) is 2.81. The molecule has 2 rings (SSSR count). The first-order chi connectivity index (χ1) is 9.45. The standard InChI is InChI=1S/C15H13BrFNO2/c1-18(9-10-2-4-14(19)5-3-10)15(20)11-6-12(16)8-13(17)7-11/h2-8,19H,9H2,1H3. The van der Waals surface area contributed by atoms with Crippen LogP contribution in [0, 0.1) is 5.82 Å². The van der Waals surface area contributed by atoms with E-state index in [2.05, 4.69) is 15.9 Å². The summed E-state index contributed by atoms with van der Waals surface area (Å²) in [5, 5.41) is 9.21. The van der Waals surface area contributed by atoms with Gasteiger partial charge in [0.15, 0.2) is 0 Å². The molecule has 0 aliphatic rings. The monoisotopic (exact) mass is 337 g/mol. The van der Waals surface area contributed by atoms with Crippen molar-refractivity contribution in [3.05, 3.63) is 63.9 Å². The number of aromatic hydroxyl groups is 1. The van der Waals surface area contributed by atoms with Gasteiger partial charge >= 0.3 is 0 Å². The third-order valence-corrected chi connectivity index (χ3v) is 3.27. The van der Waals surface area contributed by atoms with Crippen LogP contribution in [-0.2, 0) is 6.54 Å². The van der Waals surface area contributed by atoms with E-state index >= 15 is 0 Å². The Labute approximate surface area is 124 Å². The minimum atomic E-state index is -0.458. The molecule has 0 aliphatic heterocycles. The van der Waals surface area contributed by atoms with Gasteiger partial charge in [-0.3, -0.25) is 4.79 Å². The molecule has 0 radical (unpaired) electrons. The molecular weight excluding hydrogens is 325 g/mol. The van der Waals surface area contributed by atoms with Crippen molar-refractivity contribution in [2.24, 2.45) is 0 Å². The van der Waals surface area contributed by atoms with Gasteiger partial charge in [-0.1, -0.05) is 28.1 Å². The van der Waals surface area contributed by atoms with Crippen molar-refractivity contribution in [2.75, 3.05) is 7.05 Å². The average molecular weight is 338 g/mol. The molecule has 1 amide bonds. The summed E-state index contributed by atoms with van der Waals surface area (Å²) in [4.78, 5) is 13.7. The first-order valence-corrected chi connectivity index (χ1v) is 6.74. The normalized spacial score (nSPS) is 10.3. The van der Waals surface area contributed by atoms with Crippen molar-refractivity contribution in [3.63, 3.8) is 0 Å². The molecule has 0 fully saturated rings. The minimum absolute atomic E-state index is 0.178. The van der Waals surface area contributed by atoms with E-state index in [9.17, 15) is 14.3 Å². The number of nitrogens with zero attached hydrogens (tertiary/aromatic N) is 1. The molecule has 0 aromatic heterocycles. The lowest BCUT2D eigenvalue weighted by Crippen LogP contribution is -2.26. The van der Waals surface area contributed by atoms with Crippen molar-refractivity contribution in [2.45, 2.75) is 6.54 Å². The summed E-state index contributed by atoms with van der Waals surface area (Å²) in [5.41, 5.74) is 1.17. The molecule has 0 heterocycles. The van der Waals surface area contributed by atoms with E-state index in [4.69, 9.17) is 0 Å². The lowest BCUT2D eigenvalue weighted by molar-refractivity contribution is 0.0784. The van der Waals surface area contributed by atoms with Crippen molar-refractivity contribution < 1.29 is 14.3 Å². The highest BCUT2D eigenvalue weighted by atomic mass is 79.9. The van der Waals surface area contributed by atoms with Gasteiger partial charge in [-0.15, -0.1) is 0 Å². The lowest BCUT2D eigenvalue weighted by atomic mass is 10.1. The van der Waals surface area contributed by atoms with Gasteiger partial charge in [0.05, 0.1) is 0 Å². The Morgan fingerprint density at radius 3 is 2.50 bits per heavy atom. The number of phenols is 1. The molecule has 0 aliphatic carbocycles. The van der Waals surface area contributed by atoms with Crippen molar-refractivity contribution in [1.29, 1.82) is 0 Å². The highest BCUT2D eigenvalue weighted by Crippen LogP contribution is 2.17. The molecule has 0 saturated heterocycles. The van der Waals surface area contributed by atoms with Crippen molar-refractivity contribution >= 4 is 21.8 Å². The molecule has 0 saturated carbocycles. The number of benzene rings is 2. The number of rotatable bonds is 3. The molecule has 0 unspecified atom stereocenters. The maximum atomic E-state index is 13.3. The molecule has 5 heteroatoms. The van der Waals surface area contributed by atoms with Crippen LogP contribution in [0.2, 0.25) is 0 Å². The summed E-state index contributed by atoms with van der Waals surface area (Å²) >= 11 is 3.17. The van der Waals surface area contributed by atoms with Gasteiger partial charge in [0.1, 0.15) is 11.6 Å². The number of hydrogen-bond donors (Lipinski definition) is 1. The molecule has 2 aromatic rings. The van der Waals surface area contributed by atoms with E-state index in [1.165, 1.54) is 17.0 Å². The predicted molar refractivity (Wildman–Crippen MR) is 78.0 cm³/mol. The molecule has 3 nitrogen and oxygen atoms in total. The van der Waals surface area contributed by atoms with E-state index in [0.29, 0.717) is 11.0 Å². The Morgan fingerprint density at radius 2 is 1.90 bits per heavy atom. The van der Waals surface area contributed by atoms with Crippen LogP contribution < -0.4 is 0 Å². The molecule has 1 N–H and O–H groups in total. The van der Waals surface area contributed by atoms with E-state index in [-0.39, 0.29) is 17.2 Å². The van der Waals surface area contributed by atoms with Gasteiger partial charge in [-0.2, -0.15) is 0 Å². The zero-order valence-corrected chi connectivity index (χ0v) is 12.4.